The summed E-state index contributed by atoms with van der Waals surface area (Å²) in [6.07, 6.45) is 3.42. The van der Waals surface area contributed by atoms with Gasteiger partial charge in [-0.1, -0.05) is 51.5 Å². The third-order valence-electron chi connectivity index (χ3n) is 6.42. The fourth-order valence-electron chi connectivity index (χ4n) is 4.94. The minimum Gasteiger partial charge on any atom is -0.494 e. The smallest absolute Gasteiger partial charge is 0.227 e. The predicted molar refractivity (Wildman–Crippen MR) is 132 cm³/mol. The van der Waals surface area contributed by atoms with Crippen LogP contribution in [0.4, 0.5) is 11.4 Å². The van der Waals surface area contributed by atoms with Gasteiger partial charge in [-0.2, -0.15) is 0 Å². The highest BCUT2D eigenvalue weighted by molar-refractivity contribution is 6.06. The molecule has 2 aromatic carbocycles. The van der Waals surface area contributed by atoms with E-state index in [2.05, 4.69) is 26.1 Å². The number of hydrogen-bond acceptors (Lipinski definition) is 4. The van der Waals surface area contributed by atoms with E-state index >= 15 is 0 Å². The summed E-state index contributed by atoms with van der Waals surface area (Å²) in [5, 5.41) is 3.56. The number of nitrogens with zero attached hydrogens (tertiary/aromatic N) is 1. The molecule has 1 atom stereocenters. The zero-order chi connectivity index (χ0) is 23.6. The van der Waals surface area contributed by atoms with Gasteiger partial charge in [0, 0.05) is 24.1 Å². The summed E-state index contributed by atoms with van der Waals surface area (Å²) >= 11 is 0. The first-order valence-corrected chi connectivity index (χ1v) is 12.0. The monoisotopic (exact) mass is 446 g/mol. The van der Waals surface area contributed by atoms with Gasteiger partial charge in [0.25, 0.3) is 0 Å². The topological polar surface area (TPSA) is 58.6 Å². The number of carbonyl (C=O) groups is 2. The molecule has 174 valence electrons. The van der Waals surface area contributed by atoms with Gasteiger partial charge in [-0.3, -0.25) is 14.5 Å². The second-order valence-corrected chi connectivity index (χ2v) is 9.75. The molecular weight excluding hydrogens is 412 g/mol. The van der Waals surface area contributed by atoms with Crippen molar-refractivity contribution in [2.75, 3.05) is 16.8 Å². The lowest BCUT2D eigenvalue weighted by atomic mass is 9.73. The van der Waals surface area contributed by atoms with Crippen LogP contribution in [0.2, 0.25) is 0 Å². The number of ether oxygens (including phenoxy) is 1. The number of rotatable bonds is 6. The summed E-state index contributed by atoms with van der Waals surface area (Å²) in [5.74, 6) is 0.924. The number of nitrogens with one attached hydrogen (secondary N) is 1. The highest BCUT2D eigenvalue weighted by Crippen LogP contribution is 2.48. The summed E-state index contributed by atoms with van der Waals surface area (Å²) in [6, 6.07) is 15.2. The summed E-state index contributed by atoms with van der Waals surface area (Å²) in [6.45, 7) is 8.88. The number of allylic oxidation sites excluding steroid dienone is 1. The molecule has 33 heavy (non-hydrogen) atoms. The van der Waals surface area contributed by atoms with Crippen molar-refractivity contribution in [1.29, 1.82) is 0 Å². The maximum absolute atomic E-state index is 13.7. The van der Waals surface area contributed by atoms with Gasteiger partial charge < -0.3 is 10.1 Å². The number of Topliss-reactive ketones (excluding diaryl/α,β-unsaturated/α-hetero) is 1. The second-order valence-electron chi connectivity index (χ2n) is 9.75. The lowest BCUT2D eigenvalue weighted by molar-refractivity contribution is -0.119. The van der Waals surface area contributed by atoms with Crippen LogP contribution < -0.4 is 15.0 Å². The molecule has 0 radical (unpaired) electrons. The fourth-order valence-corrected chi connectivity index (χ4v) is 4.94. The largest absolute Gasteiger partial charge is 0.494 e. The summed E-state index contributed by atoms with van der Waals surface area (Å²) in [7, 11) is 0. The minimum atomic E-state index is -0.472. The zero-order valence-electron chi connectivity index (χ0n) is 20.1. The van der Waals surface area contributed by atoms with Gasteiger partial charge in [0.2, 0.25) is 5.91 Å². The quantitative estimate of drug-likeness (QED) is 0.556. The van der Waals surface area contributed by atoms with Crippen molar-refractivity contribution in [2.45, 2.75) is 65.8 Å². The van der Waals surface area contributed by atoms with Crippen molar-refractivity contribution < 1.29 is 14.3 Å². The van der Waals surface area contributed by atoms with Gasteiger partial charge in [0.05, 0.1) is 24.0 Å². The van der Waals surface area contributed by atoms with Crippen LogP contribution in [0.25, 0.3) is 0 Å². The van der Waals surface area contributed by atoms with Crippen LogP contribution in [-0.2, 0) is 9.59 Å². The number of para-hydroxylation sites is 2. The van der Waals surface area contributed by atoms with Gasteiger partial charge in [0.15, 0.2) is 5.78 Å². The van der Waals surface area contributed by atoms with Gasteiger partial charge >= 0.3 is 0 Å². The molecule has 4 rings (SSSR count). The van der Waals surface area contributed by atoms with E-state index < -0.39 is 6.04 Å². The lowest BCUT2D eigenvalue weighted by Gasteiger charge is -2.37. The van der Waals surface area contributed by atoms with Crippen LogP contribution in [-0.4, -0.2) is 18.3 Å². The van der Waals surface area contributed by atoms with Crippen molar-refractivity contribution in [3.63, 3.8) is 0 Å². The van der Waals surface area contributed by atoms with Crippen molar-refractivity contribution in [3.8, 4) is 5.75 Å². The van der Waals surface area contributed by atoms with E-state index in [1.54, 1.807) is 0 Å². The van der Waals surface area contributed by atoms with Crippen molar-refractivity contribution in [1.82, 2.24) is 0 Å². The molecule has 5 heteroatoms. The Balaban J connectivity index is 1.92. The van der Waals surface area contributed by atoms with Crippen LogP contribution in [0.15, 0.2) is 59.8 Å². The number of carbonyl (C=O) groups excluding carboxylic acids is 2. The minimum absolute atomic E-state index is 0.0383. The van der Waals surface area contributed by atoms with E-state index in [1.807, 2.05) is 60.4 Å². The molecule has 0 unspecified atom stereocenters. The second kappa shape index (κ2) is 9.42. The Morgan fingerprint density at radius 3 is 2.52 bits per heavy atom. The molecule has 0 aromatic heterocycles. The molecule has 0 saturated heterocycles. The molecule has 1 N–H and O–H groups in total. The fraction of sp³-hybridized carbons (Fsp3) is 0.429. The number of ketones is 1. The Hall–Kier alpha value is -3.08. The van der Waals surface area contributed by atoms with Crippen LogP contribution in [0.3, 0.4) is 0 Å². The Morgan fingerprint density at radius 1 is 1.09 bits per heavy atom. The summed E-state index contributed by atoms with van der Waals surface area (Å²) < 4.78 is 5.64. The van der Waals surface area contributed by atoms with Crippen LogP contribution in [0.5, 0.6) is 5.75 Å². The molecule has 2 aromatic rings. The Kier molecular flexibility index (Phi) is 6.59. The Bertz CT molecular complexity index is 1070. The Morgan fingerprint density at radius 2 is 1.82 bits per heavy atom. The molecule has 2 aliphatic rings. The number of anilines is 2. The summed E-state index contributed by atoms with van der Waals surface area (Å²) in [4.78, 5) is 29.2. The molecule has 1 amide bonds. The molecule has 0 bridgehead atoms. The third kappa shape index (κ3) is 4.68. The average molecular weight is 447 g/mol. The first kappa shape index (κ1) is 23.1. The number of unbranched alkanes of at least 4 members (excludes halogenated alkanes) is 1. The lowest BCUT2D eigenvalue weighted by Crippen LogP contribution is -2.39. The van der Waals surface area contributed by atoms with E-state index in [0.717, 1.165) is 47.6 Å². The van der Waals surface area contributed by atoms with Crippen LogP contribution in [0, 0.1) is 5.41 Å². The van der Waals surface area contributed by atoms with Gasteiger partial charge in [-0.15, -0.1) is 0 Å². The summed E-state index contributed by atoms with van der Waals surface area (Å²) in [5.41, 5.74) is 4.10. The number of hydrogen-bond donors (Lipinski definition) is 1. The molecule has 5 nitrogen and oxygen atoms in total. The molecule has 0 spiro atoms. The van der Waals surface area contributed by atoms with E-state index in [1.165, 1.54) is 0 Å². The molecule has 1 heterocycles. The van der Waals surface area contributed by atoms with Gasteiger partial charge in [-0.05, 0) is 55.0 Å². The molecular formula is C28H34N2O3. The van der Waals surface area contributed by atoms with Crippen molar-refractivity contribution in [3.05, 3.63) is 65.4 Å². The highest BCUT2D eigenvalue weighted by atomic mass is 16.5. The standard InChI is InChI=1S/C28H34N2O3/c1-5-7-12-25(32)30-23-11-9-8-10-21(23)29-22-17-28(3,4)18-24(31)26(22)27(30)19-13-15-20(16-14-19)33-6-2/h8-11,13-16,27,29H,5-7,12,17-18H2,1-4H3/t27-/m0/s1. The number of benzene rings is 2. The molecule has 0 fully saturated rings. The zero-order valence-corrected chi connectivity index (χ0v) is 20.1. The van der Waals surface area contributed by atoms with Crippen molar-refractivity contribution >= 4 is 23.1 Å². The van der Waals surface area contributed by atoms with Crippen molar-refractivity contribution in [2.24, 2.45) is 5.41 Å². The SMILES string of the molecule is CCCCC(=O)N1c2ccccc2NC2=C(C(=O)CC(C)(C)C2)[C@@H]1c1ccc(OCC)cc1. The average Bonchev–Trinajstić information content (AvgIpc) is 2.91. The van der Waals surface area contributed by atoms with E-state index in [0.29, 0.717) is 25.0 Å². The number of fused-ring (bicyclic) bond motifs is 1. The maximum Gasteiger partial charge on any atom is 0.227 e. The Labute approximate surface area is 196 Å². The highest BCUT2D eigenvalue weighted by Gasteiger charge is 2.43. The molecule has 0 saturated carbocycles. The molecule has 1 aliphatic carbocycles. The first-order chi connectivity index (χ1) is 15.8. The predicted octanol–water partition coefficient (Wildman–Crippen LogP) is 6.42. The van der Waals surface area contributed by atoms with E-state index in [4.69, 9.17) is 4.74 Å². The number of amides is 1. The first-order valence-electron chi connectivity index (χ1n) is 12.0. The van der Waals surface area contributed by atoms with Crippen LogP contribution >= 0.6 is 0 Å². The van der Waals surface area contributed by atoms with Gasteiger partial charge in [-0.25, -0.2) is 0 Å². The maximum atomic E-state index is 13.7. The molecule has 1 aliphatic heterocycles. The van der Waals surface area contributed by atoms with Crippen LogP contribution in [0.1, 0.15) is 71.4 Å². The van der Waals surface area contributed by atoms with Gasteiger partial charge in [0.1, 0.15) is 5.75 Å². The van der Waals surface area contributed by atoms with E-state index in [-0.39, 0.29) is 17.1 Å². The normalized spacial score (nSPS) is 19.3. The third-order valence-corrected chi connectivity index (χ3v) is 6.42. The van der Waals surface area contributed by atoms with E-state index in [9.17, 15) is 9.59 Å².